The number of hydrogen-bond donors (Lipinski definition) is 1. The summed E-state index contributed by atoms with van der Waals surface area (Å²) in [5.41, 5.74) is 1.93. The lowest BCUT2D eigenvalue weighted by Crippen LogP contribution is -2.34. The van der Waals surface area contributed by atoms with Crippen LogP contribution < -0.4 is 5.32 Å². The second-order valence-electron chi connectivity index (χ2n) is 7.97. The third-order valence-corrected chi connectivity index (χ3v) is 5.84. The fraction of sp³-hybridized carbons (Fsp3) is 0.550. The van der Waals surface area contributed by atoms with Crippen LogP contribution in [0.25, 0.3) is 6.08 Å². The van der Waals surface area contributed by atoms with Crippen molar-refractivity contribution >= 4 is 23.7 Å². The summed E-state index contributed by atoms with van der Waals surface area (Å²) in [4.78, 5) is 32.7. The van der Waals surface area contributed by atoms with Gasteiger partial charge in [0.15, 0.2) is 0 Å². The SMILES string of the molecule is CC(C)N1C[C@H]2CN(C(=O)C=Cc3cnc4c(c3)CCC(=O)N4)C[C@H]2C1. The number of hydrogen-bond acceptors (Lipinski definition) is 4. The largest absolute Gasteiger partial charge is 0.338 e. The molecule has 0 aliphatic carbocycles. The minimum Gasteiger partial charge on any atom is -0.338 e. The lowest BCUT2D eigenvalue weighted by atomic mass is 10.0. The number of nitrogens with one attached hydrogen (secondary N) is 1. The Kier molecular flexibility index (Phi) is 4.53. The van der Waals surface area contributed by atoms with Crippen LogP contribution in [-0.4, -0.2) is 58.8 Å². The van der Waals surface area contributed by atoms with Gasteiger partial charge in [0.05, 0.1) is 0 Å². The minimum atomic E-state index is 0.0130. The quantitative estimate of drug-likeness (QED) is 0.841. The highest BCUT2D eigenvalue weighted by Crippen LogP contribution is 2.32. The van der Waals surface area contributed by atoms with Crippen LogP contribution >= 0.6 is 0 Å². The maximum atomic E-state index is 12.5. The normalized spacial score (nSPS) is 25.7. The third kappa shape index (κ3) is 3.38. The Hall–Kier alpha value is -2.21. The van der Waals surface area contributed by atoms with Crippen LogP contribution in [0.1, 0.15) is 31.4 Å². The molecule has 2 fully saturated rings. The van der Waals surface area contributed by atoms with Crippen molar-refractivity contribution in [3.8, 4) is 0 Å². The number of aryl methyl sites for hydroxylation is 1. The van der Waals surface area contributed by atoms with Gasteiger partial charge in [-0.15, -0.1) is 0 Å². The van der Waals surface area contributed by atoms with Crippen LogP contribution in [0.2, 0.25) is 0 Å². The molecule has 1 aromatic rings. The number of carbonyl (C=O) groups is 2. The van der Waals surface area contributed by atoms with E-state index < -0.39 is 0 Å². The molecule has 6 heteroatoms. The first-order valence-electron chi connectivity index (χ1n) is 9.49. The van der Waals surface area contributed by atoms with Gasteiger partial charge < -0.3 is 15.1 Å². The summed E-state index contributed by atoms with van der Waals surface area (Å²) in [6.07, 6.45) is 6.39. The predicted octanol–water partition coefficient (Wildman–Crippen LogP) is 1.78. The third-order valence-electron chi connectivity index (χ3n) is 5.84. The van der Waals surface area contributed by atoms with Crippen molar-refractivity contribution < 1.29 is 9.59 Å². The fourth-order valence-corrected chi connectivity index (χ4v) is 4.27. The average molecular weight is 354 g/mol. The predicted molar refractivity (Wildman–Crippen MR) is 100 cm³/mol. The van der Waals surface area contributed by atoms with E-state index >= 15 is 0 Å². The zero-order valence-electron chi connectivity index (χ0n) is 15.4. The van der Waals surface area contributed by atoms with E-state index in [2.05, 4.69) is 29.0 Å². The van der Waals surface area contributed by atoms with Gasteiger partial charge in [-0.25, -0.2) is 4.98 Å². The molecular weight excluding hydrogens is 328 g/mol. The van der Waals surface area contributed by atoms with Crippen LogP contribution in [0.15, 0.2) is 18.3 Å². The van der Waals surface area contributed by atoms with E-state index in [0.29, 0.717) is 36.5 Å². The van der Waals surface area contributed by atoms with Gasteiger partial charge >= 0.3 is 0 Å². The molecule has 26 heavy (non-hydrogen) atoms. The van der Waals surface area contributed by atoms with Gasteiger partial charge in [-0.2, -0.15) is 0 Å². The number of rotatable bonds is 3. The number of amides is 2. The van der Waals surface area contributed by atoms with Gasteiger partial charge in [0, 0.05) is 50.9 Å². The first kappa shape index (κ1) is 17.2. The lowest BCUT2D eigenvalue weighted by Gasteiger charge is -2.23. The van der Waals surface area contributed by atoms with Crippen molar-refractivity contribution in [2.45, 2.75) is 32.7 Å². The van der Waals surface area contributed by atoms with Gasteiger partial charge in [0.2, 0.25) is 11.8 Å². The highest BCUT2D eigenvalue weighted by molar-refractivity contribution is 5.94. The van der Waals surface area contributed by atoms with E-state index in [1.807, 2.05) is 17.0 Å². The molecule has 1 aromatic heterocycles. The zero-order valence-corrected chi connectivity index (χ0v) is 15.4. The Labute approximate surface area is 154 Å². The number of nitrogens with zero attached hydrogens (tertiary/aromatic N) is 3. The Bertz CT molecular complexity index is 744. The molecule has 0 saturated carbocycles. The topological polar surface area (TPSA) is 65.5 Å². The average Bonchev–Trinajstić information content (AvgIpc) is 3.18. The number of fused-ring (bicyclic) bond motifs is 2. The van der Waals surface area contributed by atoms with Crippen LogP contribution in [0, 0.1) is 11.8 Å². The molecule has 3 aliphatic rings. The van der Waals surface area contributed by atoms with Crippen molar-refractivity contribution in [2.24, 2.45) is 11.8 Å². The Morgan fingerprint density at radius 2 is 1.96 bits per heavy atom. The van der Waals surface area contributed by atoms with Gasteiger partial charge in [0.1, 0.15) is 5.82 Å². The van der Waals surface area contributed by atoms with Gasteiger partial charge in [0.25, 0.3) is 0 Å². The molecule has 138 valence electrons. The molecule has 6 nitrogen and oxygen atoms in total. The molecule has 2 atom stereocenters. The molecule has 4 rings (SSSR count). The molecule has 1 N–H and O–H groups in total. The van der Waals surface area contributed by atoms with E-state index in [9.17, 15) is 9.59 Å². The first-order valence-corrected chi connectivity index (χ1v) is 9.49. The molecule has 3 aliphatic heterocycles. The van der Waals surface area contributed by atoms with Crippen molar-refractivity contribution in [3.05, 3.63) is 29.5 Å². The summed E-state index contributed by atoms with van der Waals surface area (Å²) >= 11 is 0. The fourth-order valence-electron chi connectivity index (χ4n) is 4.27. The number of aromatic nitrogens is 1. The summed E-state index contributed by atoms with van der Waals surface area (Å²) in [7, 11) is 0. The van der Waals surface area contributed by atoms with E-state index in [-0.39, 0.29) is 11.8 Å². The first-order chi connectivity index (χ1) is 12.5. The Morgan fingerprint density at radius 3 is 2.65 bits per heavy atom. The maximum Gasteiger partial charge on any atom is 0.246 e. The molecular formula is C20H26N4O2. The highest BCUT2D eigenvalue weighted by Gasteiger charge is 2.41. The molecule has 0 radical (unpaired) electrons. The molecule has 0 spiro atoms. The summed E-state index contributed by atoms with van der Waals surface area (Å²) in [5.74, 6) is 1.97. The highest BCUT2D eigenvalue weighted by atomic mass is 16.2. The molecule has 4 heterocycles. The second kappa shape index (κ2) is 6.83. The summed E-state index contributed by atoms with van der Waals surface area (Å²) in [6, 6.07) is 2.59. The lowest BCUT2D eigenvalue weighted by molar-refractivity contribution is -0.125. The molecule has 2 saturated heterocycles. The van der Waals surface area contributed by atoms with Crippen molar-refractivity contribution in [1.82, 2.24) is 14.8 Å². The van der Waals surface area contributed by atoms with Crippen LogP contribution in [0.5, 0.6) is 0 Å². The van der Waals surface area contributed by atoms with E-state index in [4.69, 9.17) is 0 Å². The van der Waals surface area contributed by atoms with Crippen LogP contribution in [0.3, 0.4) is 0 Å². The number of carbonyl (C=O) groups excluding carboxylic acids is 2. The molecule has 0 unspecified atom stereocenters. The Balaban J connectivity index is 1.37. The van der Waals surface area contributed by atoms with Crippen LogP contribution in [0.4, 0.5) is 5.82 Å². The molecule has 2 amide bonds. The number of pyridine rings is 1. The second-order valence-corrected chi connectivity index (χ2v) is 7.97. The van der Waals surface area contributed by atoms with Crippen molar-refractivity contribution in [2.75, 3.05) is 31.5 Å². The smallest absolute Gasteiger partial charge is 0.246 e. The van der Waals surface area contributed by atoms with Crippen molar-refractivity contribution in [3.63, 3.8) is 0 Å². The zero-order chi connectivity index (χ0) is 18.3. The number of likely N-dealkylation sites (tertiary alicyclic amines) is 2. The number of anilines is 1. The van der Waals surface area contributed by atoms with E-state index in [1.54, 1.807) is 12.3 Å². The van der Waals surface area contributed by atoms with Crippen molar-refractivity contribution in [1.29, 1.82) is 0 Å². The molecule has 0 aromatic carbocycles. The van der Waals surface area contributed by atoms with Gasteiger partial charge in [-0.1, -0.05) is 0 Å². The standard InChI is InChI=1S/C20H26N4O2/c1-13(2)23-9-16-11-24(12-17(16)10-23)19(26)6-3-14-7-15-4-5-18(25)22-20(15)21-8-14/h3,6-8,13,16-17H,4-5,9-12H2,1-2H3,(H,21,22,25)/t16-,17+. The summed E-state index contributed by atoms with van der Waals surface area (Å²) < 4.78 is 0. The van der Waals surface area contributed by atoms with Gasteiger partial charge in [-0.05, 0) is 55.4 Å². The van der Waals surface area contributed by atoms with Crippen LogP contribution in [-0.2, 0) is 16.0 Å². The Morgan fingerprint density at radius 1 is 1.23 bits per heavy atom. The van der Waals surface area contributed by atoms with Gasteiger partial charge in [-0.3, -0.25) is 9.59 Å². The maximum absolute atomic E-state index is 12.5. The minimum absolute atomic E-state index is 0.0130. The molecule has 0 bridgehead atoms. The van der Waals surface area contributed by atoms with E-state index in [1.165, 1.54) is 0 Å². The monoisotopic (exact) mass is 354 g/mol. The van der Waals surface area contributed by atoms with E-state index in [0.717, 1.165) is 37.3 Å². The summed E-state index contributed by atoms with van der Waals surface area (Å²) in [5, 5.41) is 2.78. The summed E-state index contributed by atoms with van der Waals surface area (Å²) in [6.45, 7) is 8.43.